The molecule has 1 aliphatic rings. The standard InChI is InChI=1S/C21H25N5O2S/c1-24-18-16(20(27)25(2)21(24)28)19(29-14-13-26-11-7-4-8-12-26)23-17(22-18)15-9-5-3-6-10-15/h3,5-6,9-10H,4,7-8,11-14H2,1-2H3. The molecule has 1 fully saturated rings. The van der Waals surface area contributed by atoms with Crippen molar-refractivity contribution in [3.8, 4) is 11.4 Å². The summed E-state index contributed by atoms with van der Waals surface area (Å²) in [6.45, 7) is 3.23. The Kier molecular flexibility index (Phi) is 5.82. The number of rotatable bonds is 5. The van der Waals surface area contributed by atoms with Gasteiger partial charge in [0, 0.05) is 32.0 Å². The van der Waals surface area contributed by atoms with Crippen molar-refractivity contribution in [2.24, 2.45) is 14.1 Å². The first-order valence-corrected chi connectivity index (χ1v) is 10.9. The van der Waals surface area contributed by atoms with Gasteiger partial charge in [0.2, 0.25) is 0 Å². The molecule has 29 heavy (non-hydrogen) atoms. The number of piperidine rings is 1. The van der Waals surface area contributed by atoms with Gasteiger partial charge in [-0.3, -0.25) is 13.9 Å². The number of fused-ring (bicyclic) bond motifs is 1. The van der Waals surface area contributed by atoms with E-state index in [9.17, 15) is 9.59 Å². The molecule has 7 nitrogen and oxygen atoms in total. The first-order chi connectivity index (χ1) is 14.1. The third kappa shape index (κ3) is 4.00. The van der Waals surface area contributed by atoms with E-state index in [1.54, 1.807) is 18.8 Å². The average molecular weight is 412 g/mol. The molecule has 0 spiro atoms. The Bertz CT molecular complexity index is 1130. The van der Waals surface area contributed by atoms with Crippen LogP contribution < -0.4 is 11.2 Å². The number of nitrogens with zero attached hydrogens (tertiary/aromatic N) is 5. The summed E-state index contributed by atoms with van der Waals surface area (Å²) >= 11 is 1.57. The Labute approximate surface area is 173 Å². The second kappa shape index (κ2) is 8.51. The zero-order valence-corrected chi connectivity index (χ0v) is 17.6. The zero-order chi connectivity index (χ0) is 20.4. The summed E-state index contributed by atoms with van der Waals surface area (Å²) in [6.07, 6.45) is 3.81. The smallest absolute Gasteiger partial charge is 0.303 e. The van der Waals surface area contributed by atoms with Crippen LogP contribution in [-0.2, 0) is 14.1 Å². The molecular weight excluding hydrogens is 386 g/mol. The Morgan fingerprint density at radius 3 is 2.41 bits per heavy atom. The summed E-state index contributed by atoms with van der Waals surface area (Å²) < 4.78 is 2.56. The van der Waals surface area contributed by atoms with Gasteiger partial charge in [0.25, 0.3) is 5.56 Å². The molecule has 0 atom stereocenters. The topological polar surface area (TPSA) is 73.0 Å². The maximum atomic E-state index is 12.9. The lowest BCUT2D eigenvalue weighted by molar-refractivity contribution is 0.242. The largest absolute Gasteiger partial charge is 0.332 e. The molecule has 1 aliphatic heterocycles. The molecule has 152 valence electrons. The van der Waals surface area contributed by atoms with Gasteiger partial charge < -0.3 is 4.90 Å². The van der Waals surface area contributed by atoms with E-state index in [1.165, 1.54) is 30.9 Å². The van der Waals surface area contributed by atoms with Crippen LogP contribution in [0, 0.1) is 0 Å². The molecular formula is C21H25N5O2S. The molecule has 1 saturated heterocycles. The molecule has 0 radical (unpaired) electrons. The van der Waals surface area contributed by atoms with Crippen molar-refractivity contribution in [3.63, 3.8) is 0 Å². The van der Waals surface area contributed by atoms with Crippen LogP contribution in [-0.4, -0.2) is 49.4 Å². The van der Waals surface area contributed by atoms with Gasteiger partial charge in [0.15, 0.2) is 11.5 Å². The van der Waals surface area contributed by atoms with Gasteiger partial charge in [-0.05, 0) is 25.9 Å². The van der Waals surface area contributed by atoms with E-state index in [1.807, 2.05) is 30.3 Å². The van der Waals surface area contributed by atoms with Gasteiger partial charge in [-0.25, -0.2) is 14.8 Å². The molecule has 0 saturated carbocycles. The van der Waals surface area contributed by atoms with Crippen LogP contribution in [0.3, 0.4) is 0 Å². The van der Waals surface area contributed by atoms with Crippen molar-refractivity contribution >= 4 is 22.8 Å². The van der Waals surface area contributed by atoms with Crippen molar-refractivity contribution in [1.82, 2.24) is 24.0 Å². The fourth-order valence-corrected chi connectivity index (χ4v) is 4.72. The molecule has 0 N–H and O–H groups in total. The molecule has 2 aromatic heterocycles. The SMILES string of the molecule is Cn1c(=O)c2c(SCCN3CCCCC3)nc(-c3ccccc3)nc2n(C)c1=O. The highest BCUT2D eigenvalue weighted by Gasteiger charge is 2.18. The molecule has 0 amide bonds. The number of aromatic nitrogens is 4. The molecule has 3 heterocycles. The Morgan fingerprint density at radius 2 is 1.69 bits per heavy atom. The second-order valence-electron chi connectivity index (χ2n) is 7.37. The fraction of sp³-hybridized carbons (Fsp3) is 0.429. The van der Waals surface area contributed by atoms with Gasteiger partial charge in [0.05, 0.1) is 0 Å². The van der Waals surface area contributed by atoms with Crippen molar-refractivity contribution in [2.45, 2.75) is 24.3 Å². The van der Waals surface area contributed by atoms with E-state index in [4.69, 9.17) is 4.98 Å². The van der Waals surface area contributed by atoms with E-state index in [-0.39, 0.29) is 11.2 Å². The predicted molar refractivity (Wildman–Crippen MR) is 116 cm³/mol. The molecule has 8 heteroatoms. The molecule has 0 bridgehead atoms. The molecule has 3 aromatic rings. The lowest BCUT2D eigenvalue weighted by Gasteiger charge is -2.26. The molecule has 1 aromatic carbocycles. The summed E-state index contributed by atoms with van der Waals surface area (Å²) in [5.41, 5.74) is 0.514. The van der Waals surface area contributed by atoms with Crippen LogP contribution in [0.1, 0.15) is 19.3 Å². The first kappa shape index (κ1) is 19.8. The highest BCUT2D eigenvalue weighted by molar-refractivity contribution is 7.99. The number of hydrogen-bond acceptors (Lipinski definition) is 6. The Hall–Kier alpha value is -2.45. The second-order valence-corrected chi connectivity index (χ2v) is 8.46. The highest BCUT2D eigenvalue weighted by Crippen LogP contribution is 2.26. The van der Waals surface area contributed by atoms with Crippen molar-refractivity contribution in [2.75, 3.05) is 25.4 Å². The minimum Gasteiger partial charge on any atom is -0.303 e. The van der Waals surface area contributed by atoms with E-state index in [0.29, 0.717) is 21.9 Å². The molecule has 0 aliphatic carbocycles. The van der Waals surface area contributed by atoms with Crippen LogP contribution >= 0.6 is 11.8 Å². The Morgan fingerprint density at radius 1 is 0.966 bits per heavy atom. The van der Waals surface area contributed by atoms with E-state index in [0.717, 1.165) is 35.5 Å². The summed E-state index contributed by atoms with van der Waals surface area (Å²) in [6, 6.07) is 9.65. The number of thioether (sulfide) groups is 1. The Balaban J connectivity index is 1.77. The minimum atomic E-state index is -0.385. The molecule has 4 rings (SSSR count). The van der Waals surface area contributed by atoms with Gasteiger partial charge in [-0.15, -0.1) is 11.8 Å². The zero-order valence-electron chi connectivity index (χ0n) is 16.8. The van der Waals surface area contributed by atoms with Gasteiger partial charge >= 0.3 is 5.69 Å². The fourth-order valence-electron chi connectivity index (χ4n) is 3.70. The quantitative estimate of drug-likeness (QED) is 0.474. The van der Waals surface area contributed by atoms with Crippen molar-refractivity contribution < 1.29 is 0 Å². The van der Waals surface area contributed by atoms with E-state index < -0.39 is 0 Å². The van der Waals surface area contributed by atoms with Crippen LogP contribution in [0.15, 0.2) is 44.9 Å². The third-order valence-corrected chi connectivity index (χ3v) is 6.35. The lowest BCUT2D eigenvalue weighted by Crippen LogP contribution is -2.37. The van der Waals surface area contributed by atoms with Gasteiger partial charge in [0.1, 0.15) is 10.4 Å². The predicted octanol–water partition coefficient (Wildman–Crippen LogP) is 2.27. The molecule has 0 unspecified atom stereocenters. The van der Waals surface area contributed by atoms with Crippen LogP contribution in [0.2, 0.25) is 0 Å². The monoisotopic (exact) mass is 411 g/mol. The lowest BCUT2D eigenvalue weighted by atomic mass is 10.1. The van der Waals surface area contributed by atoms with E-state index in [2.05, 4.69) is 9.88 Å². The number of aryl methyl sites for hydroxylation is 1. The summed E-state index contributed by atoms with van der Waals surface area (Å²) in [4.78, 5) is 37.1. The third-order valence-electron chi connectivity index (χ3n) is 5.39. The summed E-state index contributed by atoms with van der Waals surface area (Å²) in [7, 11) is 3.14. The normalized spacial score (nSPS) is 15.1. The van der Waals surface area contributed by atoms with Crippen LogP contribution in [0.25, 0.3) is 22.4 Å². The highest BCUT2D eigenvalue weighted by atomic mass is 32.2. The van der Waals surface area contributed by atoms with Crippen molar-refractivity contribution in [1.29, 1.82) is 0 Å². The van der Waals surface area contributed by atoms with Gasteiger partial charge in [-0.2, -0.15) is 0 Å². The van der Waals surface area contributed by atoms with Crippen molar-refractivity contribution in [3.05, 3.63) is 51.2 Å². The van der Waals surface area contributed by atoms with Crippen LogP contribution in [0.4, 0.5) is 0 Å². The van der Waals surface area contributed by atoms with E-state index >= 15 is 0 Å². The maximum Gasteiger partial charge on any atom is 0.332 e. The average Bonchev–Trinajstić information content (AvgIpc) is 2.77. The number of benzene rings is 1. The van der Waals surface area contributed by atoms with Crippen LogP contribution in [0.5, 0.6) is 0 Å². The maximum absolute atomic E-state index is 12.9. The minimum absolute atomic E-state index is 0.344. The first-order valence-electron chi connectivity index (χ1n) is 9.94. The summed E-state index contributed by atoms with van der Waals surface area (Å²) in [5, 5.41) is 1.06. The number of likely N-dealkylation sites (tertiary alicyclic amines) is 1. The summed E-state index contributed by atoms with van der Waals surface area (Å²) in [5.74, 6) is 1.37. The van der Waals surface area contributed by atoms with Gasteiger partial charge in [-0.1, -0.05) is 36.8 Å². The number of hydrogen-bond donors (Lipinski definition) is 0.